The highest BCUT2D eigenvalue weighted by molar-refractivity contribution is 8.14. The van der Waals surface area contributed by atoms with Gasteiger partial charge in [-0.15, -0.1) is 11.3 Å². The van der Waals surface area contributed by atoms with E-state index in [1.165, 1.54) is 23.3 Å². The number of thiophene rings is 1. The predicted octanol–water partition coefficient (Wildman–Crippen LogP) is 5.81. The number of benzene rings is 1. The molecule has 1 fully saturated rings. The number of thioether (sulfide) groups is 1. The second kappa shape index (κ2) is 7.31. The van der Waals surface area contributed by atoms with Crippen LogP contribution < -0.4 is 0 Å². The van der Waals surface area contributed by atoms with Gasteiger partial charge in [0.2, 0.25) is 0 Å². The van der Waals surface area contributed by atoms with E-state index in [1.807, 2.05) is 6.07 Å². The van der Waals surface area contributed by atoms with Gasteiger partial charge in [-0.1, -0.05) is 35.0 Å². The van der Waals surface area contributed by atoms with Crippen molar-refractivity contribution >= 4 is 63.1 Å². The molecule has 7 heteroatoms. The fourth-order valence-electron chi connectivity index (χ4n) is 3.08. The van der Waals surface area contributed by atoms with Gasteiger partial charge in [-0.25, -0.2) is 4.99 Å². The van der Waals surface area contributed by atoms with E-state index < -0.39 is 0 Å². The molecule has 1 aliphatic heterocycles. The Morgan fingerprint density at radius 1 is 1.12 bits per heavy atom. The summed E-state index contributed by atoms with van der Waals surface area (Å²) in [5.41, 5.74) is 2.07. The van der Waals surface area contributed by atoms with Crippen molar-refractivity contribution in [1.29, 1.82) is 0 Å². The van der Waals surface area contributed by atoms with Crippen molar-refractivity contribution in [2.45, 2.75) is 25.7 Å². The summed E-state index contributed by atoms with van der Waals surface area (Å²) in [5.74, 6) is 0.917. The Morgan fingerprint density at radius 3 is 2.76 bits per heavy atom. The molecule has 0 unspecified atom stereocenters. The molecule has 0 N–H and O–H groups in total. The minimum Gasteiger partial charge on any atom is -0.286 e. The van der Waals surface area contributed by atoms with Gasteiger partial charge in [0, 0.05) is 17.2 Å². The van der Waals surface area contributed by atoms with Gasteiger partial charge in [0.05, 0.1) is 20.6 Å². The number of rotatable bonds is 2. The van der Waals surface area contributed by atoms with Crippen LogP contribution >= 0.6 is 46.3 Å². The molecule has 1 aromatic heterocycles. The number of amides is 1. The van der Waals surface area contributed by atoms with E-state index in [1.54, 1.807) is 40.1 Å². The summed E-state index contributed by atoms with van der Waals surface area (Å²) < 4.78 is 0. The van der Waals surface area contributed by atoms with Crippen LogP contribution in [0.2, 0.25) is 10.0 Å². The number of halogens is 2. The van der Waals surface area contributed by atoms with Crippen LogP contribution in [0.3, 0.4) is 0 Å². The molecule has 1 amide bonds. The second-order valence-corrected chi connectivity index (χ2v) is 9.08. The maximum Gasteiger partial charge on any atom is 0.269 e. The van der Waals surface area contributed by atoms with Crippen LogP contribution in [0.4, 0.5) is 5.69 Å². The number of carbonyl (C=O) groups is 1. The molecule has 4 rings (SSSR count). The number of hydrogen-bond donors (Lipinski definition) is 0. The lowest BCUT2D eigenvalue weighted by Crippen LogP contribution is -2.31. The normalized spacial score (nSPS) is 18.6. The van der Waals surface area contributed by atoms with Crippen LogP contribution in [0.5, 0.6) is 0 Å². The van der Waals surface area contributed by atoms with Gasteiger partial charge in [0.15, 0.2) is 5.17 Å². The zero-order chi connectivity index (χ0) is 17.4. The van der Waals surface area contributed by atoms with Crippen molar-refractivity contribution in [2.75, 3.05) is 12.3 Å². The van der Waals surface area contributed by atoms with E-state index in [4.69, 9.17) is 23.2 Å². The fourth-order valence-corrected chi connectivity index (χ4v) is 5.53. The van der Waals surface area contributed by atoms with Crippen molar-refractivity contribution in [1.82, 2.24) is 4.90 Å². The average Bonchev–Trinajstić information content (AvgIpc) is 3.24. The Hall–Kier alpha value is -1.01. The molecule has 2 aliphatic rings. The lowest BCUT2D eigenvalue weighted by Gasteiger charge is -2.14. The van der Waals surface area contributed by atoms with Crippen LogP contribution in [0.15, 0.2) is 29.3 Å². The first kappa shape index (κ1) is 17.4. The van der Waals surface area contributed by atoms with Gasteiger partial charge in [0.1, 0.15) is 0 Å². The zero-order valence-corrected chi connectivity index (χ0v) is 16.6. The first-order chi connectivity index (χ1) is 12.1. The van der Waals surface area contributed by atoms with Crippen LogP contribution in [0.25, 0.3) is 0 Å². The first-order valence-electron chi connectivity index (χ1n) is 8.22. The lowest BCUT2D eigenvalue weighted by atomic mass is 9.99. The highest BCUT2D eigenvalue weighted by Gasteiger charge is 2.29. The summed E-state index contributed by atoms with van der Waals surface area (Å²) in [6, 6.07) is 7.35. The molecule has 1 aliphatic carbocycles. The fraction of sp³-hybridized carbons (Fsp3) is 0.333. The summed E-state index contributed by atoms with van der Waals surface area (Å²) in [4.78, 5) is 21.6. The van der Waals surface area contributed by atoms with Crippen LogP contribution in [-0.4, -0.2) is 28.3 Å². The standard InChI is InChI=1S/C18H16Cl2N2OS2/c19-13-6-5-12(10-14(13)20)21-18-22(7-8-24-18)17(23)16-9-11-3-1-2-4-15(11)25-16/h5-6,9-10H,1-4,7-8H2. The predicted molar refractivity (Wildman–Crippen MR) is 108 cm³/mol. The number of nitrogens with zero attached hydrogens (tertiary/aromatic N) is 2. The zero-order valence-electron chi connectivity index (χ0n) is 13.4. The van der Waals surface area contributed by atoms with E-state index in [0.717, 1.165) is 28.6 Å². The smallest absolute Gasteiger partial charge is 0.269 e. The Labute approximate surface area is 165 Å². The van der Waals surface area contributed by atoms with Gasteiger partial charge >= 0.3 is 0 Å². The molecule has 25 heavy (non-hydrogen) atoms. The number of hydrogen-bond acceptors (Lipinski definition) is 4. The first-order valence-corrected chi connectivity index (χ1v) is 10.8. The molecule has 1 saturated heterocycles. The summed E-state index contributed by atoms with van der Waals surface area (Å²) in [5, 5.41) is 1.70. The quantitative estimate of drug-likeness (QED) is 0.625. The van der Waals surface area contributed by atoms with Gasteiger partial charge < -0.3 is 0 Å². The van der Waals surface area contributed by atoms with E-state index >= 15 is 0 Å². The Kier molecular flexibility index (Phi) is 5.09. The molecule has 0 atom stereocenters. The van der Waals surface area contributed by atoms with E-state index in [2.05, 4.69) is 11.1 Å². The molecular weight excluding hydrogens is 395 g/mol. The third kappa shape index (κ3) is 3.61. The van der Waals surface area contributed by atoms with Crippen molar-refractivity contribution in [3.63, 3.8) is 0 Å². The summed E-state index contributed by atoms with van der Waals surface area (Å²) in [6.07, 6.45) is 4.65. The molecule has 0 radical (unpaired) electrons. The van der Waals surface area contributed by atoms with Crippen molar-refractivity contribution < 1.29 is 4.79 Å². The SMILES string of the molecule is O=C(c1cc2c(s1)CCCC2)N1CCSC1=Nc1ccc(Cl)c(Cl)c1. The van der Waals surface area contributed by atoms with Crippen LogP contribution in [0.1, 0.15) is 33.0 Å². The van der Waals surface area contributed by atoms with Crippen molar-refractivity contribution in [2.24, 2.45) is 4.99 Å². The number of fused-ring (bicyclic) bond motifs is 1. The number of aryl methyl sites for hydroxylation is 2. The Bertz CT molecular complexity index is 839. The third-order valence-corrected chi connectivity index (χ3v) is 7.28. The Morgan fingerprint density at radius 2 is 1.96 bits per heavy atom. The number of amidine groups is 1. The van der Waals surface area contributed by atoms with E-state index in [0.29, 0.717) is 22.3 Å². The molecule has 0 spiro atoms. The molecule has 0 saturated carbocycles. The van der Waals surface area contributed by atoms with Crippen molar-refractivity contribution in [3.05, 3.63) is 49.6 Å². The highest BCUT2D eigenvalue weighted by Crippen LogP contribution is 2.33. The van der Waals surface area contributed by atoms with Crippen molar-refractivity contribution in [3.8, 4) is 0 Å². The minimum absolute atomic E-state index is 0.0585. The summed E-state index contributed by atoms with van der Waals surface area (Å²) in [6.45, 7) is 0.687. The summed E-state index contributed by atoms with van der Waals surface area (Å²) >= 11 is 15.3. The monoisotopic (exact) mass is 410 g/mol. The highest BCUT2D eigenvalue weighted by atomic mass is 35.5. The Balaban J connectivity index is 1.60. The average molecular weight is 411 g/mol. The largest absolute Gasteiger partial charge is 0.286 e. The lowest BCUT2D eigenvalue weighted by molar-refractivity contribution is 0.0864. The van der Waals surface area contributed by atoms with Gasteiger partial charge in [0.25, 0.3) is 5.91 Å². The molecule has 3 nitrogen and oxygen atoms in total. The van der Waals surface area contributed by atoms with E-state index in [9.17, 15) is 4.79 Å². The van der Waals surface area contributed by atoms with E-state index in [-0.39, 0.29) is 5.91 Å². The molecule has 2 heterocycles. The minimum atomic E-state index is 0.0585. The maximum atomic E-state index is 13.0. The third-order valence-electron chi connectivity index (χ3n) is 4.36. The molecule has 130 valence electrons. The second-order valence-electron chi connectivity index (χ2n) is 6.06. The van der Waals surface area contributed by atoms with Gasteiger partial charge in [-0.2, -0.15) is 0 Å². The topological polar surface area (TPSA) is 32.7 Å². The number of aliphatic imine (C=N–C) groups is 1. The molecule has 2 aromatic rings. The van der Waals surface area contributed by atoms with Gasteiger partial charge in [-0.05, 0) is 55.5 Å². The van der Waals surface area contributed by atoms with Crippen LogP contribution in [0, 0.1) is 0 Å². The molecule has 0 bridgehead atoms. The van der Waals surface area contributed by atoms with Gasteiger partial charge in [-0.3, -0.25) is 9.69 Å². The molecular formula is C18H16Cl2N2OS2. The van der Waals surface area contributed by atoms with Crippen LogP contribution in [-0.2, 0) is 12.8 Å². The molecule has 1 aromatic carbocycles. The summed E-state index contributed by atoms with van der Waals surface area (Å²) in [7, 11) is 0. The number of carbonyl (C=O) groups excluding carboxylic acids is 1. The maximum absolute atomic E-state index is 13.0.